The van der Waals surface area contributed by atoms with Crippen molar-refractivity contribution >= 4 is 35.7 Å². The predicted octanol–water partition coefficient (Wildman–Crippen LogP) is 3.57. The molecule has 1 amide bonds. The number of nitrogens with two attached hydrogens (primary N) is 1. The van der Waals surface area contributed by atoms with Gasteiger partial charge in [-0.1, -0.05) is 18.5 Å². The third-order valence-electron chi connectivity index (χ3n) is 3.80. The third kappa shape index (κ3) is 6.49. The zero-order valence-electron chi connectivity index (χ0n) is 15.2. The molecular formula is C17H26ClN5O2. The van der Waals surface area contributed by atoms with E-state index in [9.17, 15) is 4.79 Å². The molecule has 1 saturated heterocycles. The second-order valence-electron chi connectivity index (χ2n) is 7.55. The Kier molecular flexibility index (Phi) is 6.21. The summed E-state index contributed by atoms with van der Waals surface area (Å²) in [5.74, 6) is 1.76. The smallest absolute Gasteiger partial charge is 0.433 e. The van der Waals surface area contributed by atoms with E-state index in [0.29, 0.717) is 23.4 Å². The molecule has 1 aromatic heterocycles. The first-order chi connectivity index (χ1) is 11.6. The zero-order valence-corrected chi connectivity index (χ0v) is 16.0. The van der Waals surface area contributed by atoms with Crippen molar-refractivity contribution < 1.29 is 9.53 Å². The maximum absolute atomic E-state index is 11.6. The van der Waals surface area contributed by atoms with Crippen molar-refractivity contribution in [1.29, 1.82) is 0 Å². The molecule has 1 fully saturated rings. The first-order valence-corrected chi connectivity index (χ1v) is 8.80. The lowest BCUT2D eigenvalue weighted by Crippen LogP contribution is -2.40. The lowest BCUT2D eigenvalue weighted by Gasteiger charge is -2.36. The van der Waals surface area contributed by atoms with Crippen LogP contribution < -0.4 is 10.6 Å². The summed E-state index contributed by atoms with van der Waals surface area (Å²) in [6.07, 6.45) is 2.86. The molecule has 0 bridgehead atoms. The number of rotatable bonds is 3. The predicted molar refractivity (Wildman–Crippen MR) is 100 cm³/mol. The molecule has 25 heavy (non-hydrogen) atoms. The molecule has 2 unspecified atom stereocenters. The van der Waals surface area contributed by atoms with E-state index in [1.54, 1.807) is 12.3 Å². The Morgan fingerprint density at radius 3 is 2.84 bits per heavy atom. The van der Waals surface area contributed by atoms with E-state index in [-0.39, 0.29) is 5.95 Å². The monoisotopic (exact) mass is 367 g/mol. The van der Waals surface area contributed by atoms with Crippen molar-refractivity contribution in [2.45, 2.75) is 46.1 Å². The van der Waals surface area contributed by atoms with Gasteiger partial charge in [-0.05, 0) is 45.4 Å². The molecule has 0 spiro atoms. The van der Waals surface area contributed by atoms with Crippen LogP contribution in [-0.2, 0) is 4.74 Å². The van der Waals surface area contributed by atoms with Gasteiger partial charge in [0.15, 0.2) is 0 Å². The molecule has 138 valence electrons. The SMILES string of the molecule is CC1CC(CC=NC(=O)OC(C)(C)C)CN(c2cc(Cl)nc(N)n2)C1. The van der Waals surface area contributed by atoms with Crippen molar-refractivity contribution in [1.82, 2.24) is 9.97 Å². The maximum atomic E-state index is 11.6. The van der Waals surface area contributed by atoms with Gasteiger partial charge in [-0.25, -0.2) is 9.78 Å². The van der Waals surface area contributed by atoms with Gasteiger partial charge in [0.2, 0.25) is 5.95 Å². The fourth-order valence-electron chi connectivity index (χ4n) is 2.99. The summed E-state index contributed by atoms with van der Waals surface area (Å²) >= 11 is 5.98. The Bertz CT molecular complexity index is 624. The molecule has 2 N–H and O–H groups in total. The summed E-state index contributed by atoms with van der Waals surface area (Å²) in [6.45, 7) is 9.33. The second-order valence-corrected chi connectivity index (χ2v) is 7.93. The Morgan fingerprint density at radius 1 is 1.48 bits per heavy atom. The zero-order chi connectivity index (χ0) is 18.6. The van der Waals surface area contributed by atoms with Gasteiger partial charge in [0.25, 0.3) is 0 Å². The topological polar surface area (TPSA) is 93.7 Å². The molecule has 2 rings (SSSR count). The number of amides is 1. The number of ether oxygens (including phenoxy) is 1. The number of aliphatic imine (C=N–C) groups is 1. The lowest BCUT2D eigenvalue weighted by atomic mass is 9.88. The average Bonchev–Trinajstić information content (AvgIpc) is 2.43. The van der Waals surface area contributed by atoms with Crippen LogP contribution in [0.15, 0.2) is 11.1 Å². The van der Waals surface area contributed by atoms with Gasteiger partial charge < -0.3 is 15.4 Å². The number of nitrogen functional groups attached to an aromatic ring is 1. The van der Waals surface area contributed by atoms with Gasteiger partial charge in [-0.3, -0.25) is 0 Å². The van der Waals surface area contributed by atoms with E-state index < -0.39 is 11.7 Å². The number of hydrogen-bond donors (Lipinski definition) is 1. The first kappa shape index (κ1) is 19.4. The highest BCUT2D eigenvalue weighted by Crippen LogP contribution is 2.28. The third-order valence-corrected chi connectivity index (χ3v) is 3.99. The van der Waals surface area contributed by atoms with Gasteiger partial charge in [0, 0.05) is 25.4 Å². The largest absolute Gasteiger partial charge is 0.442 e. The molecule has 0 radical (unpaired) electrons. The molecule has 2 heterocycles. The normalized spacial score (nSPS) is 21.6. The fourth-order valence-corrected chi connectivity index (χ4v) is 3.17. The van der Waals surface area contributed by atoms with Crippen LogP contribution in [0.2, 0.25) is 5.15 Å². The molecule has 1 aromatic rings. The van der Waals surface area contributed by atoms with Crippen molar-refractivity contribution in [3.63, 3.8) is 0 Å². The minimum atomic E-state index is -0.552. The molecule has 0 aromatic carbocycles. The average molecular weight is 368 g/mol. The second kappa shape index (κ2) is 7.99. The minimum absolute atomic E-state index is 0.170. The molecule has 1 aliphatic heterocycles. The van der Waals surface area contributed by atoms with Crippen molar-refractivity contribution in [3.8, 4) is 0 Å². The summed E-state index contributed by atoms with van der Waals surface area (Å²) in [5, 5.41) is 0.337. The highest BCUT2D eigenvalue weighted by atomic mass is 35.5. The number of carbonyl (C=O) groups is 1. The van der Waals surface area contributed by atoms with E-state index in [0.717, 1.165) is 25.3 Å². The number of nitrogens with zero attached hydrogens (tertiary/aromatic N) is 4. The number of aromatic nitrogens is 2. The molecule has 0 aliphatic carbocycles. The lowest BCUT2D eigenvalue weighted by molar-refractivity contribution is 0.0604. The van der Waals surface area contributed by atoms with Crippen LogP contribution >= 0.6 is 11.6 Å². The Hall–Kier alpha value is -1.89. The van der Waals surface area contributed by atoms with Crippen LogP contribution in [0.3, 0.4) is 0 Å². The van der Waals surface area contributed by atoms with Crippen LogP contribution in [0.1, 0.15) is 40.5 Å². The molecule has 1 aliphatic rings. The van der Waals surface area contributed by atoms with E-state index in [1.165, 1.54) is 0 Å². The summed E-state index contributed by atoms with van der Waals surface area (Å²) in [6, 6.07) is 1.72. The molecule has 8 heteroatoms. The quantitative estimate of drug-likeness (QED) is 0.648. The number of hydrogen-bond acceptors (Lipinski definition) is 6. The van der Waals surface area contributed by atoms with Gasteiger partial charge in [0.1, 0.15) is 16.6 Å². The number of piperidine rings is 1. The number of halogens is 1. The summed E-state index contributed by atoms with van der Waals surface area (Å²) in [4.78, 5) is 25.9. The van der Waals surface area contributed by atoms with Gasteiger partial charge in [0.05, 0.1) is 0 Å². The molecule has 7 nitrogen and oxygen atoms in total. The highest BCUT2D eigenvalue weighted by Gasteiger charge is 2.25. The molecule has 0 saturated carbocycles. The van der Waals surface area contributed by atoms with E-state index in [4.69, 9.17) is 22.1 Å². The van der Waals surface area contributed by atoms with Crippen molar-refractivity contribution in [2.24, 2.45) is 16.8 Å². The number of anilines is 2. The number of carbonyl (C=O) groups excluding carboxylic acids is 1. The first-order valence-electron chi connectivity index (χ1n) is 8.43. The van der Waals surface area contributed by atoms with E-state index in [1.807, 2.05) is 20.8 Å². The van der Waals surface area contributed by atoms with Crippen LogP contribution in [0.4, 0.5) is 16.6 Å². The van der Waals surface area contributed by atoms with Crippen molar-refractivity contribution in [2.75, 3.05) is 23.7 Å². The molecule has 2 atom stereocenters. The standard InChI is InChI=1S/C17H26ClN5O2/c1-11-7-12(5-6-20-16(24)25-17(2,3)4)10-23(9-11)14-8-13(18)21-15(19)22-14/h6,8,11-12H,5,7,9-10H2,1-4H3,(H2,19,21,22). The van der Waals surface area contributed by atoms with Gasteiger partial charge in [-0.2, -0.15) is 9.98 Å². The summed E-state index contributed by atoms with van der Waals surface area (Å²) < 4.78 is 5.17. The van der Waals surface area contributed by atoms with Crippen LogP contribution in [-0.4, -0.2) is 41.0 Å². The van der Waals surface area contributed by atoms with Gasteiger partial charge >= 0.3 is 6.09 Å². The van der Waals surface area contributed by atoms with Gasteiger partial charge in [-0.15, -0.1) is 0 Å². The van der Waals surface area contributed by atoms with Crippen LogP contribution in [0.5, 0.6) is 0 Å². The Balaban J connectivity index is 1.97. The Labute approximate surface area is 153 Å². The maximum Gasteiger partial charge on any atom is 0.433 e. The Morgan fingerprint density at radius 2 is 2.20 bits per heavy atom. The fraction of sp³-hybridized carbons (Fsp3) is 0.647. The minimum Gasteiger partial charge on any atom is -0.442 e. The van der Waals surface area contributed by atoms with Crippen LogP contribution in [0.25, 0.3) is 0 Å². The summed E-state index contributed by atoms with van der Waals surface area (Å²) in [5.41, 5.74) is 5.16. The molecular weight excluding hydrogens is 342 g/mol. The van der Waals surface area contributed by atoms with E-state index in [2.05, 4.69) is 26.8 Å². The summed E-state index contributed by atoms with van der Waals surface area (Å²) in [7, 11) is 0. The van der Waals surface area contributed by atoms with E-state index >= 15 is 0 Å². The highest BCUT2D eigenvalue weighted by molar-refractivity contribution is 6.29. The van der Waals surface area contributed by atoms with Crippen LogP contribution in [0, 0.1) is 11.8 Å². The van der Waals surface area contributed by atoms with Crippen molar-refractivity contribution in [3.05, 3.63) is 11.2 Å².